The van der Waals surface area contributed by atoms with Gasteiger partial charge in [-0.05, 0) is 26.2 Å². The second-order valence-corrected chi connectivity index (χ2v) is 4.88. The van der Waals surface area contributed by atoms with E-state index in [4.69, 9.17) is 0 Å². The van der Waals surface area contributed by atoms with Gasteiger partial charge in [0.1, 0.15) is 5.60 Å². The zero-order valence-electron chi connectivity index (χ0n) is 7.59. The molecule has 0 amide bonds. The molecule has 2 atom stereocenters. The van der Waals surface area contributed by atoms with Gasteiger partial charge in [0.15, 0.2) is 0 Å². The van der Waals surface area contributed by atoms with E-state index in [-0.39, 0.29) is 0 Å². The lowest BCUT2D eigenvalue weighted by atomic mass is 10.2. The Balaban J connectivity index is 2.41. The summed E-state index contributed by atoms with van der Waals surface area (Å²) in [6.45, 7) is 6.04. The third-order valence-corrected chi connectivity index (χ3v) is 3.81. The van der Waals surface area contributed by atoms with E-state index in [2.05, 4.69) is 11.9 Å². The highest BCUT2D eigenvalue weighted by Crippen LogP contribution is 2.53. The number of hydrogen-bond donors (Lipinski definition) is 1. The van der Waals surface area contributed by atoms with Crippen molar-refractivity contribution in [1.82, 2.24) is 4.98 Å². The fraction of sp³-hybridized carbons (Fsp3) is 0.667. The number of nitrogens with zero attached hydrogens (tertiary/aromatic N) is 1. The average molecular weight is 183 g/mol. The van der Waals surface area contributed by atoms with E-state index in [9.17, 15) is 5.11 Å². The summed E-state index contributed by atoms with van der Waals surface area (Å²) in [4.78, 5) is 5.39. The molecule has 0 aromatic carbocycles. The molecule has 1 aromatic rings. The Labute approximate surface area is 76.3 Å². The maximum absolute atomic E-state index is 10.0. The quantitative estimate of drug-likeness (QED) is 0.722. The van der Waals surface area contributed by atoms with Crippen molar-refractivity contribution in [3.63, 3.8) is 0 Å². The Morgan fingerprint density at radius 1 is 1.58 bits per heavy atom. The van der Waals surface area contributed by atoms with Crippen LogP contribution < -0.4 is 0 Å². The summed E-state index contributed by atoms with van der Waals surface area (Å²) in [6.07, 6.45) is 0.898. The Kier molecular flexibility index (Phi) is 1.57. The molecule has 66 valence electrons. The molecule has 1 saturated carbocycles. The Morgan fingerprint density at radius 3 is 2.50 bits per heavy atom. The first-order chi connectivity index (χ1) is 5.54. The van der Waals surface area contributed by atoms with Crippen LogP contribution in [0, 0.1) is 19.8 Å². The molecule has 2 nitrogen and oxygen atoms in total. The fourth-order valence-corrected chi connectivity index (χ4v) is 2.79. The van der Waals surface area contributed by atoms with Crippen LogP contribution in [0.15, 0.2) is 0 Å². The zero-order chi connectivity index (χ0) is 8.93. The van der Waals surface area contributed by atoms with Crippen molar-refractivity contribution in [3.8, 4) is 0 Å². The predicted molar refractivity (Wildman–Crippen MR) is 49.3 cm³/mol. The minimum absolute atomic E-state index is 0.413. The third-order valence-electron chi connectivity index (χ3n) is 2.57. The van der Waals surface area contributed by atoms with Gasteiger partial charge in [-0.3, -0.25) is 0 Å². The van der Waals surface area contributed by atoms with Crippen LogP contribution in [0.2, 0.25) is 0 Å². The molecule has 1 aromatic heterocycles. The maximum atomic E-state index is 10.0. The summed E-state index contributed by atoms with van der Waals surface area (Å²) >= 11 is 1.63. The first-order valence-corrected chi connectivity index (χ1v) is 5.02. The van der Waals surface area contributed by atoms with E-state index in [1.807, 2.05) is 13.8 Å². The first kappa shape index (κ1) is 8.20. The summed E-state index contributed by atoms with van der Waals surface area (Å²) in [5.41, 5.74) is 0.472. The second kappa shape index (κ2) is 2.30. The fourth-order valence-electron chi connectivity index (χ4n) is 1.66. The Bertz CT molecular complexity index is 320. The lowest BCUT2D eigenvalue weighted by Crippen LogP contribution is -2.06. The molecule has 1 fully saturated rings. The molecule has 2 unspecified atom stereocenters. The molecule has 0 bridgehead atoms. The predicted octanol–water partition coefficient (Wildman–Crippen LogP) is 1.99. The molecular weight excluding hydrogens is 170 g/mol. The van der Waals surface area contributed by atoms with Gasteiger partial charge in [0, 0.05) is 0 Å². The minimum Gasteiger partial charge on any atom is -0.384 e. The minimum atomic E-state index is -0.532. The standard InChI is InChI=1S/C9H13NOS/c1-5-4-9(5,11)8-6(2)10-7(3)12-8/h5,11H,4H2,1-3H3. The molecule has 2 rings (SSSR count). The number of thiazole rings is 1. The van der Waals surface area contributed by atoms with E-state index in [0.29, 0.717) is 5.92 Å². The molecule has 0 spiro atoms. The van der Waals surface area contributed by atoms with Crippen molar-refractivity contribution in [2.24, 2.45) is 5.92 Å². The van der Waals surface area contributed by atoms with E-state index >= 15 is 0 Å². The molecule has 12 heavy (non-hydrogen) atoms. The van der Waals surface area contributed by atoms with Crippen LogP contribution in [0.5, 0.6) is 0 Å². The lowest BCUT2D eigenvalue weighted by molar-refractivity contribution is 0.138. The summed E-state index contributed by atoms with van der Waals surface area (Å²) < 4.78 is 0. The summed E-state index contributed by atoms with van der Waals surface area (Å²) in [6, 6.07) is 0. The van der Waals surface area contributed by atoms with Crippen LogP contribution >= 0.6 is 11.3 Å². The molecule has 0 saturated heterocycles. The molecule has 0 aliphatic heterocycles. The normalized spacial score (nSPS) is 33.8. The van der Waals surface area contributed by atoms with Crippen LogP contribution in [0.4, 0.5) is 0 Å². The number of rotatable bonds is 1. The van der Waals surface area contributed by atoms with Crippen molar-refractivity contribution in [2.75, 3.05) is 0 Å². The van der Waals surface area contributed by atoms with Gasteiger partial charge in [-0.2, -0.15) is 0 Å². The van der Waals surface area contributed by atoms with Gasteiger partial charge in [0.2, 0.25) is 0 Å². The zero-order valence-corrected chi connectivity index (χ0v) is 8.40. The van der Waals surface area contributed by atoms with Crippen LogP contribution in [0.1, 0.15) is 28.9 Å². The smallest absolute Gasteiger partial charge is 0.104 e. The topological polar surface area (TPSA) is 33.1 Å². The maximum Gasteiger partial charge on any atom is 0.104 e. The van der Waals surface area contributed by atoms with Gasteiger partial charge in [-0.25, -0.2) is 4.98 Å². The van der Waals surface area contributed by atoms with Crippen molar-refractivity contribution in [2.45, 2.75) is 32.8 Å². The Morgan fingerprint density at radius 2 is 2.17 bits per heavy atom. The molecule has 3 heteroatoms. The average Bonchev–Trinajstić information content (AvgIpc) is 2.37. The van der Waals surface area contributed by atoms with Crippen LogP contribution in [0.3, 0.4) is 0 Å². The summed E-state index contributed by atoms with van der Waals surface area (Å²) in [7, 11) is 0. The molecule has 1 aliphatic carbocycles. The Hall–Kier alpha value is -0.410. The van der Waals surface area contributed by atoms with Crippen molar-refractivity contribution < 1.29 is 5.11 Å². The highest BCUT2D eigenvalue weighted by Gasteiger charge is 2.53. The van der Waals surface area contributed by atoms with Crippen molar-refractivity contribution in [1.29, 1.82) is 0 Å². The van der Waals surface area contributed by atoms with Crippen molar-refractivity contribution >= 4 is 11.3 Å². The monoisotopic (exact) mass is 183 g/mol. The molecular formula is C9H13NOS. The van der Waals surface area contributed by atoms with E-state index < -0.39 is 5.60 Å². The number of aliphatic hydroxyl groups is 1. The van der Waals surface area contributed by atoms with Gasteiger partial charge in [0.05, 0.1) is 15.6 Å². The molecule has 0 radical (unpaired) electrons. The SMILES string of the molecule is Cc1nc(C)c(C2(O)CC2C)s1. The second-order valence-electron chi connectivity index (χ2n) is 3.68. The molecule has 1 N–H and O–H groups in total. The number of aryl methyl sites for hydroxylation is 2. The van der Waals surface area contributed by atoms with E-state index in [1.165, 1.54) is 0 Å². The van der Waals surface area contributed by atoms with Crippen molar-refractivity contribution in [3.05, 3.63) is 15.6 Å². The first-order valence-electron chi connectivity index (χ1n) is 4.21. The van der Waals surface area contributed by atoms with E-state index in [1.54, 1.807) is 11.3 Å². The van der Waals surface area contributed by atoms with Crippen LogP contribution in [0.25, 0.3) is 0 Å². The van der Waals surface area contributed by atoms with Gasteiger partial charge in [0.25, 0.3) is 0 Å². The van der Waals surface area contributed by atoms with Gasteiger partial charge in [-0.15, -0.1) is 11.3 Å². The largest absolute Gasteiger partial charge is 0.384 e. The number of aromatic nitrogens is 1. The highest BCUT2D eigenvalue weighted by atomic mass is 32.1. The number of hydrogen-bond acceptors (Lipinski definition) is 3. The van der Waals surface area contributed by atoms with E-state index in [0.717, 1.165) is 22.0 Å². The van der Waals surface area contributed by atoms with Crippen LogP contribution in [-0.4, -0.2) is 10.1 Å². The van der Waals surface area contributed by atoms with Gasteiger partial charge >= 0.3 is 0 Å². The lowest BCUT2D eigenvalue weighted by Gasteiger charge is -2.05. The molecule has 1 aliphatic rings. The van der Waals surface area contributed by atoms with Gasteiger partial charge in [-0.1, -0.05) is 6.92 Å². The highest BCUT2D eigenvalue weighted by molar-refractivity contribution is 7.11. The summed E-state index contributed by atoms with van der Waals surface area (Å²) in [5, 5.41) is 11.1. The summed E-state index contributed by atoms with van der Waals surface area (Å²) in [5.74, 6) is 0.413. The third kappa shape index (κ3) is 1.00. The molecule has 1 heterocycles. The van der Waals surface area contributed by atoms with Gasteiger partial charge < -0.3 is 5.11 Å². The van der Waals surface area contributed by atoms with Crippen LogP contribution in [-0.2, 0) is 5.60 Å².